The van der Waals surface area contributed by atoms with Crippen molar-refractivity contribution in [3.8, 4) is 0 Å². The summed E-state index contributed by atoms with van der Waals surface area (Å²) in [5, 5.41) is 13.4. The SMILES string of the molecule is CC1CCCC(OCC(O)CNC(C)C2CCOC2)C1. The fourth-order valence-electron chi connectivity index (χ4n) is 3.27. The zero-order chi connectivity index (χ0) is 14.4. The molecule has 1 saturated carbocycles. The highest BCUT2D eigenvalue weighted by Gasteiger charge is 2.23. The van der Waals surface area contributed by atoms with E-state index in [4.69, 9.17) is 9.47 Å². The van der Waals surface area contributed by atoms with Gasteiger partial charge in [-0.05, 0) is 38.0 Å². The van der Waals surface area contributed by atoms with Crippen LogP contribution in [-0.2, 0) is 9.47 Å². The van der Waals surface area contributed by atoms with Crippen LogP contribution in [0.25, 0.3) is 0 Å². The number of aliphatic hydroxyl groups is 1. The number of nitrogens with one attached hydrogen (secondary N) is 1. The minimum atomic E-state index is -0.406. The van der Waals surface area contributed by atoms with Gasteiger partial charge in [0, 0.05) is 19.2 Å². The Morgan fingerprint density at radius 1 is 1.35 bits per heavy atom. The molecule has 0 aromatic rings. The van der Waals surface area contributed by atoms with E-state index in [1.165, 1.54) is 12.8 Å². The molecule has 4 heteroatoms. The maximum Gasteiger partial charge on any atom is 0.0897 e. The first kappa shape index (κ1) is 16.2. The molecule has 2 N–H and O–H groups in total. The van der Waals surface area contributed by atoms with Crippen LogP contribution in [0, 0.1) is 11.8 Å². The Morgan fingerprint density at radius 3 is 2.90 bits per heavy atom. The van der Waals surface area contributed by atoms with E-state index in [9.17, 15) is 5.11 Å². The second-order valence-electron chi connectivity index (χ2n) is 6.70. The fourth-order valence-corrected chi connectivity index (χ4v) is 3.27. The largest absolute Gasteiger partial charge is 0.389 e. The Balaban J connectivity index is 1.56. The van der Waals surface area contributed by atoms with Gasteiger partial charge in [0.15, 0.2) is 0 Å². The van der Waals surface area contributed by atoms with Gasteiger partial charge in [0.25, 0.3) is 0 Å². The van der Waals surface area contributed by atoms with E-state index in [0.29, 0.717) is 31.2 Å². The van der Waals surface area contributed by atoms with E-state index in [0.717, 1.165) is 38.4 Å². The molecule has 4 nitrogen and oxygen atoms in total. The quantitative estimate of drug-likeness (QED) is 0.751. The van der Waals surface area contributed by atoms with Crippen molar-refractivity contribution >= 4 is 0 Å². The summed E-state index contributed by atoms with van der Waals surface area (Å²) in [7, 11) is 0. The lowest BCUT2D eigenvalue weighted by Crippen LogP contribution is -2.40. The Bertz CT molecular complexity index is 262. The molecule has 5 unspecified atom stereocenters. The van der Waals surface area contributed by atoms with Crippen molar-refractivity contribution in [2.45, 2.75) is 64.2 Å². The maximum absolute atomic E-state index is 10.0. The van der Waals surface area contributed by atoms with Gasteiger partial charge < -0.3 is 19.9 Å². The summed E-state index contributed by atoms with van der Waals surface area (Å²) in [6.45, 7) is 7.26. The van der Waals surface area contributed by atoms with Crippen LogP contribution >= 0.6 is 0 Å². The molecule has 0 aromatic carbocycles. The molecule has 1 heterocycles. The molecule has 2 rings (SSSR count). The van der Waals surface area contributed by atoms with Crippen molar-refractivity contribution in [3.05, 3.63) is 0 Å². The molecule has 20 heavy (non-hydrogen) atoms. The monoisotopic (exact) mass is 285 g/mol. The summed E-state index contributed by atoms with van der Waals surface area (Å²) in [4.78, 5) is 0. The van der Waals surface area contributed by atoms with Crippen LogP contribution in [-0.4, -0.2) is 49.7 Å². The van der Waals surface area contributed by atoms with Crippen LogP contribution in [0.3, 0.4) is 0 Å². The Morgan fingerprint density at radius 2 is 2.20 bits per heavy atom. The van der Waals surface area contributed by atoms with Gasteiger partial charge in [-0.25, -0.2) is 0 Å². The van der Waals surface area contributed by atoms with E-state index >= 15 is 0 Å². The zero-order valence-corrected chi connectivity index (χ0v) is 13.0. The van der Waals surface area contributed by atoms with Gasteiger partial charge in [0.2, 0.25) is 0 Å². The highest BCUT2D eigenvalue weighted by atomic mass is 16.5. The molecular formula is C16H31NO3. The molecule has 2 aliphatic rings. The van der Waals surface area contributed by atoms with Crippen molar-refractivity contribution in [1.29, 1.82) is 0 Å². The summed E-state index contributed by atoms with van der Waals surface area (Å²) in [5.41, 5.74) is 0. The molecule has 0 radical (unpaired) electrons. The van der Waals surface area contributed by atoms with Crippen LogP contribution in [0.5, 0.6) is 0 Å². The molecule has 118 valence electrons. The first-order valence-electron chi connectivity index (χ1n) is 8.26. The standard InChI is InChI=1S/C16H31NO3/c1-12-4-3-5-16(8-12)20-11-15(18)9-17-13(2)14-6-7-19-10-14/h12-18H,3-11H2,1-2H3. The number of ether oxygens (including phenoxy) is 2. The number of aliphatic hydroxyl groups excluding tert-OH is 1. The highest BCUT2D eigenvalue weighted by Crippen LogP contribution is 2.25. The third-order valence-electron chi connectivity index (χ3n) is 4.76. The van der Waals surface area contributed by atoms with Crippen molar-refractivity contribution in [1.82, 2.24) is 5.32 Å². The molecule has 1 saturated heterocycles. The molecule has 2 fully saturated rings. The fraction of sp³-hybridized carbons (Fsp3) is 1.00. The Kier molecular flexibility index (Phi) is 6.75. The first-order chi connectivity index (χ1) is 9.65. The summed E-state index contributed by atoms with van der Waals surface area (Å²) in [6.07, 6.45) is 5.96. The summed E-state index contributed by atoms with van der Waals surface area (Å²) >= 11 is 0. The topological polar surface area (TPSA) is 50.7 Å². The molecule has 0 bridgehead atoms. The van der Waals surface area contributed by atoms with Crippen LogP contribution in [0.4, 0.5) is 0 Å². The molecule has 1 aliphatic carbocycles. The van der Waals surface area contributed by atoms with E-state index in [2.05, 4.69) is 19.2 Å². The maximum atomic E-state index is 10.0. The molecular weight excluding hydrogens is 254 g/mol. The van der Waals surface area contributed by atoms with E-state index in [1.807, 2.05) is 0 Å². The van der Waals surface area contributed by atoms with E-state index in [1.54, 1.807) is 0 Å². The zero-order valence-electron chi connectivity index (χ0n) is 13.0. The predicted molar refractivity (Wildman–Crippen MR) is 79.8 cm³/mol. The second kappa shape index (κ2) is 8.32. The van der Waals surface area contributed by atoms with Crippen molar-refractivity contribution in [3.63, 3.8) is 0 Å². The van der Waals surface area contributed by atoms with Crippen LogP contribution < -0.4 is 5.32 Å². The lowest BCUT2D eigenvalue weighted by Gasteiger charge is -2.28. The average Bonchev–Trinajstić information content (AvgIpc) is 2.97. The van der Waals surface area contributed by atoms with Gasteiger partial charge in [0.1, 0.15) is 0 Å². The Hall–Kier alpha value is -0.160. The lowest BCUT2D eigenvalue weighted by molar-refractivity contribution is -0.0314. The van der Waals surface area contributed by atoms with Gasteiger partial charge >= 0.3 is 0 Å². The molecule has 5 atom stereocenters. The smallest absolute Gasteiger partial charge is 0.0897 e. The minimum Gasteiger partial charge on any atom is -0.389 e. The number of rotatable bonds is 7. The van der Waals surface area contributed by atoms with Crippen molar-refractivity contribution < 1.29 is 14.6 Å². The summed E-state index contributed by atoms with van der Waals surface area (Å²) in [5.74, 6) is 1.36. The normalized spacial score (nSPS) is 34.0. The van der Waals surface area contributed by atoms with E-state index in [-0.39, 0.29) is 0 Å². The lowest BCUT2D eigenvalue weighted by atomic mass is 9.89. The first-order valence-corrected chi connectivity index (χ1v) is 8.26. The number of hydrogen-bond acceptors (Lipinski definition) is 4. The van der Waals surface area contributed by atoms with Gasteiger partial charge in [-0.3, -0.25) is 0 Å². The molecule has 0 amide bonds. The van der Waals surface area contributed by atoms with Gasteiger partial charge in [-0.1, -0.05) is 19.8 Å². The molecule has 0 aromatic heterocycles. The Labute approximate surface area is 123 Å². The van der Waals surface area contributed by atoms with Crippen LogP contribution in [0.2, 0.25) is 0 Å². The summed E-state index contributed by atoms with van der Waals surface area (Å²) in [6, 6.07) is 0.404. The highest BCUT2D eigenvalue weighted by molar-refractivity contribution is 4.77. The van der Waals surface area contributed by atoms with Crippen LogP contribution in [0.1, 0.15) is 46.0 Å². The van der Waals surface area contributed by atoms with E-state index < -0.39 is 6.10 Å². The molecule has 1 aliphatic heterocycles. The van der Waals surface area contributed by atoms with Crippen molar-refractivity contribution in [2.75, 3.05) is 26.4 Å². The second-order valence-corrected chi connectivity index (χ2v) is 6.70. The van der Waals surface area contributed by atoms with Gasteiger partial charge in [0.05, 0.1) is 25.4 Å². The third-order valence-corrected chi connectivity index (χ3v) is 4.76. The number of hydrogen-bond donors (Lipinski definition) is 2. The molecule has 0 spiro atoms. The minimum absolute atomic E-state index is 0.356. The summed E-state index contributed by atoms with van der Waals surface area (Å²) < 4.78 is 11.3. The predicted octanol–water partition coefficient (Wildman–Crippen LogP) is 1.96. The van der Waals surface area contributed by atoms with Crippen molar-refractivity contribution in [2.24, 2.45) is 11.8 Å². The van der Waals surface area contributed by atoms with Gasteiger partial charge in [-0.15, -0.1) is 0 Å². The van der Waals surface area contributed by atoms with Crippen LogP contribution in [0.15, 0.2) is 0 Å². The van der Waals surface area contributed by atoms with Gasteiger partial charge in [-0.2, -0.15) is 0 Å². The third kappa shape index (κ3) is 5.32. The average molecular weight is 285 g/mol.